The van der Waals surface area contributed by atoms with Crippen LogP contribution in [0.2, 0.25) is 0 Å². The van der Waals surface area contributed by atoms with Crippen LogP contribution in [-0.2, 0) is 18.3 Å². The van der Waals surface area contributed by atoms with Crippen LogP contribution in [0.4, 0.5) is 0 Å². The number of rotatable bonds is 2. The Hall–Kier alpha value is -2.04. The van der Waals surface area contributed by atoms with Gasteiger partial charge in [-0.3, -0.25) is 9.48 Å². The lowest BCUT2D eigenvalue weighted by Crippen LogP contribution is -2.06. The standard InChI is InChI=1S/C10H10N2O3/c1-12-9(5-10(14)15)7-3-2-6(13)4-8(7)11-12/h2-4,13H,5H2,1H3,(H,14,15). The third kappa shape index (κ3) is 1.63. The van der Waals surface area contributed by atoms with E-state index in [1.807, 2.05) is 0 Å². The van der Waals surface area contributed by atoms with Crippen molar-refractivity contribution in [2.45, 2.75) is 6.42 Å². The molecule has 5 heteroatoms. The average molecular weight is 206 g/mol. The summed E-state index contributed by atoms with van der Waals surface area (Å²) in [5.41, 5.74) is 1.24. The number of carboxylic acids is 1. The zero-order valence-electron chi connectivity index (χ0n) is 8.14. The molecule has 0 radical (unpaired) electrons. The molecule has 1 aromatic heterocycles. The molecule has 15 heavy (non-hydrogen) atoms. The summed E-state index contributed by atoms with van der Waals surface area (Å²) in [6.45, 7) is 0. The quantitative estimate of drug-likeness (QED) is 0.765. The number of phenols is 1. The van der Waals surface area contributed by atoms with Crippen LogP contribution >= 0.6 is 0 Å². The van der Waals surface area contributed by atoms with Gasteiger partial charge in [0.05, 0.1) is 17.6 Å². The van der Waals surface area contributed by atoms with Gasteiger partial charge >= 0.3 is 5.97 Å². The van der Waals surface area contributed by atoms with Gasteiger partial charge in [0, 0.05) is 18.5 Å². The average Bonchev–Trinajstić information content (AvgIpc) is 2.41. The number of phenolic OH excluding ortho intramolecular Hbond substituents is 1. The molecule has 0 aliphatic carbocycles. The number of aromatic hydroxyl groups is 1. The molecule has 2 aromatic rings. The molecule has 0 aliphatic heterocycles. The van der Waals surface area contributed by atoms with Gasteiger partial charge < -0.3 is 10.2 Å². The molecular formula is C10H10N2O3. The monoisotopic (exact) mass is 206 g/mol. The van der Waals surface area contributed by atoms with Crippen molar-refractivity contribution in [2.75, 3.05) is 0 Å². The number of carbonyl (C=O) groups is 1. The highest BCUT2D eigenvalue weighted by Gasteiger charge is 2.12. The summed E-state index contributed by atoms with van der Waals surface area (Å²) in [5, 5.41) is 22.9. The summed E-state index contributed by atoms with van der Waals surface area (Å²) in [4.78, 5) is 10.6. The minimum atomic E-state index is -0.895. The van der Waals surface area contributed by atoms with Crippen LogP contribution in [0.25, 0.3) is 10.9 Å². The topological polar surface area (TPSA) is 75.3 Å². The van der Waals surface area contributed by atoms with E-state index in [2.05, 4.69) is 5.10 Å². The lowest BCUT2D eigenvalue weighted by atomic mass is 10.1. The van der Waals surface area contributed by atoms with E-state index in [1.54, 1.807) is 13.1 Å². The first kappa shape index (κ1) is 9.51. The summed E-state index contributed by atoms with van der Waals surface area (Å²) in [6.07, 6.45) is -0.0717. The van der Waals surface area contributed by atoms with Crippen LogP contribution in [0.5, 0.6) is 5.75 Å². The molecular weight excluding hydrogens is 196 g/mol. The van der Waals surface area contributed by atoms with E-state index in [-0.39, 0.29) is 12.2 Å². The van der Waals surface area contributed by atoms with Crippen molar-refractivity contribution >= 4 is 16.9 Å². The van der Waals surface area contributed by atoms with E-state index in [9.17, 15) is 9.90 Å². The second-order valence-electron chi connectivity index (χ2n) is 3.34. The maximum absolute atomic E-state index is 10.6. The Bertz CT molecular complexity index is 531. The maximum atomic E-state index is 10.6. The second kappa shape index (κ2) is 3.27. The van der Waals surface area contributed by atoms with Gasteiger partial charge in [0.15, 0.2) is 0 Å². The van der Waals surface area contributed by atoms with Crippen molar-refractivity contribution in [3.8, 4) is 5.75 Å². The number of aryl methyl sites for hydroxylation is 1. The molecule has 5 nitrogen and oxygen atoms in total. The summed E-state index contributed by atoms with van der Waals surface area (Å²) in [5.74, 6) is -0.768. The first-order valence-electron chi connectivity index (χ1n) is 4.44. The highest BCUT2D eigenvalue weighted by Crippen LogP contribution is 2.22. The van der Waals surface area contributed by atoms with Crippen molar-refractivity contribution in [2.24, 2.45) is 7.05 Å². The molecule has 2 N–H and O–H groups in total. The molecule has 0 spiro atoms. The number of aromatic nitrogens is 2. The third-order valence-corrected chi connectivity index (χ3v) is 2.26. The molecule has 2 rings (SSSR count). The third-order valence-electron chi connectivity index (χ3n) is 2.26. The number of hydrogen-bond donors (Lipinski definition) is 2. The van der Waals surface area contributed by atoms with Gasteiger partial charge in [0.2, 0.25) is 0 Å². The molecule has 0 amide bonds. The summed E-state index contributed by atoms with van der Waals surface area (Å²) in [6, 6.07) is 4.71. The molecule has 0 atom stereocenters. The van der Waals surface area contributed by atoms with Gasteiger partial charge in [-0.15, -0.1) is 0 Å². The second-order valence-corrected chi connectivity index (χ2v) is 3.34. The first-order valence-corrected chi connectivity index (χ1v) is 4.44. The molecule has 0 saturated carbocycles. The Morgan fingerprint density at radius 3 is 2.93 bits per heavy atom. The van der Waals surface area contributed by atoms with Crippen LogP contribution in [-0.4, -0.2) is 26.0 Å². The van der Waals surface area contributed by atoms with E-state index in [4.69, 9.17) is 5.11 Å². The Morgan fingerprint density at radius 1 is 1.53 bits per heavy atom. The SMILES string of the molecule is Cn1nc2cc(O)ccc2c1CC(=O)O. The van der Waals surface area contributed by atoms with Gasteiger partial charge in [-0.1, -0.05) is 0 Å². The molecule has 0 saturated heterocycles. The fourth-order valence-corrected chi connectivity index (χ4v) is 1.60. The maximum Gasteiger partial charge on any atom is 0.309 e. The van der Waals surface area contributed by atoms with Gasteiger partial charge in [-0.2, -0.15) is 5.10 Å². The van der Waals surface area contributed by atoms with E-state index >= 15 is 0 Å². The molecule has 1 aromatic carbocycles. The van der Waals surface area contributed by atoms with E-state index in [0.29, 0.717) is 11.2 Å². The fourth-order valence-electron chi connectivity index (χ4n) is 1.60. The first-order chi connectivity index (χ1) is 7.08. The summed E-state index contributed by atoms with van der Waals surface area (Å²) >= 11 is 0. The predicted molar refractivity (Wildman–Crippen MR) is 53.7 cm³/mol. The van der Waals surface area contributed by atoms with Crippen LogP contribution < -0.4 is 0 Å². The minimum Gasteiger partial charge on any atom is -0.508 e. The normalized spacial score (nSPS) is 10.7. The minimum absolute atomic E-state index is 0.0717. The zero-order chi connectivity index (χ0) is 11.0. The molecule has 78 valence electrons. The molecule has 0 fully saturated rings. The van der Waals surface area contributed by atoms with Crippen molar-refractivity contribution in [3.05, 3.63) is 23.9 Å². The van der Waals surface area contributed by atoms with E-state index < -0.39 is 5.97 Å². The van der Waals surface area contributed by atoms with Gasteiger partial charge in [0.25, 0.3) is 0 Å². The van der Waals surface area contributed by atoms with Gasteiger partial charge in [-0.05, 0) is 12.1 Å². The smallest absolute Gasteiger partial charge is 0.309 e. The Kier molecular flexibility index (Phi) is 2.07. The van der Waals surface area contributed by atoms with Crippen LogP contribution in [0.15, 0.2) is 18.2 Å². The zero-order valence-corrected chi connectivity index (χ0v) is 8.14. The van der Waals surface area contributed by atoms with Crippen LogP contribution in [0.1, 0.15) is 5.69 Å². The Labute approximate surface area is 85.6 Å². The van der Waals surface area contributed by atoms with Crippen molar-refractivity contribution in [1.82, 2.24) is 9.78 Å². The fraction of sp³-hybridized carbons (Fsp3) is 0.200. The number of nitrogens with zero attached hydrogens (tertiary/aromatic N) is 2. The van der Waals surface area contributed by atoms with Crippen molar-refractivity contribution in [3.63, 3.8) is 0 Å². The number of fused-ring (bicyclic) bond motifs is 1. The van der Waals surface area contributed by atoms with Gasteiger partial charge in [-0.25, -0.2) is 0 Å². The van der Waals surface area contributed by atoms with Crippen molar-refractivity contribution < 1.29 is 15.0 Å². The summed E-state index contributed by atoms with van der Waals surface area (Å²) < 4.78 is 1.53. The highest BCUT2D eigenvalue weighted by atomic mass is 16.4. The lowest BCUT2D eigenvalue weighted by molar-refractivity contribution is -0.136. The predicted octanol–water partition coefficient (Wildman–Crippen LogP) is 0.906. The number of hydrogen-bond acceptors (Lipinski definition) is 3. The van der Waals surface area contributed by atoms with Crippen molar-refractivity contribution in [1.29, 1.82) is 0 Å². The van der Waals surface area contributed by atoms with E-state index in [1.165, 1.54) is 16.8 Å². The molecule has 0 bridgehead atoms. The largest absolute Gasteiger partial charge is 0.508 e. The highest BCUT2D eigenvalue weighted by molar-refractivity contribution is 5.86. The number of carboxylic acid groups (broad SMARTS) is 1. The Balaban J connectivity index is 2.63. The summed E-state index contributed by atoms with van der Waals surface area (Å²) in [7, 11) is 1.69. The molecule has 1 heterocycles. The van der Waals surface area contributed by atoms with Gasteiger partial charge in [0.1, 0.15) is 5.75 Å². The van der Waals surface area contributed by atoms with Crippen LogP contribution in [0, 0.1) is 0 Å². The van der Waals surface area contributed by atoms with E-state index in [0.717, 1.165) is 5.39 Å². The Morgan fingerprint density at radius 2 is 2.27 bits per heavy atom. The molecule has 0 unspecified atom stereocenters. The number of benzene rings is 1. The van der Waals surface area contributed by atoms with Crippen LogP contribution in [0.3, 0.4) is 0 Å². The lowest BCUT2D eigenvalue weighted by Gasteiger charge is -1.97. The number of aliphatic carboxylic acids is 1. The molecule has 0 aliphatic rings.